The maximum absolute atomic E-state index is 12.8. The Bertz CT molecular complexity index is 726. The van der Waals surface area contributed by atoms with E-state index in [1.54, 1.807) is 4.90 Å². The number of hydrogen-bond acceptors (Lipinski definition) is 4. The summed E-state index contributed by atoms with van der Waals surface area (Å²) in [6.07, 6.45) is 0.632. The summed E-state index contributed by atoms with van der Waals surface area (Å²) in [6.45, 7) is 3.64. The number of amides is 1. The van der Waals surface area contributed by atoms with Crippen molar-refractivity contribution < 1.29 is 9.90 Å². The van der Waals surface area contributed by atoms with Crippen LogP contribution in [0.25, 0.3) is 10.4 Å². The van der Waals surface area contributed by atoms with Gasteiger partial charge in [-0.3, -0.25) is 4.79 Å². The number of likely N-dealkylation sites (tertiary alicyclic amines) is 1. The van der Waals surface area contributed by atoms with Crippen LogP contribution in [0.4, 0.5) is 0 Å². The molecule has 3 rings (SSSR count). The topological polar surface area (TPSA) is 43.8 Å². The highest BCUT2D eigenvalue weighted by Gasteiger charge is 2.39. The zero-order valence-corrected chi connectivity index (χ0v) is 15.3. The van der Waals surface area contributed by atoms with E-state index in [1.165, 1.54) is 11.3 Å². The van der Waals surface area contributed by atoms with Crippen LogP contribution >= 0.6 is 11.3 Å². The van der Waals surface area contributed by atoms with Crippen LogP contribution in [0.5, 0.6) is 0 Å². The molecule has 128 valence electrons. The van der Waals surface area contributed by atoms with Gasteiger partial charge in [-0.15, -0.1) is 11.3 Å². The summed E-state index contributed by atoms with van der Waals surface area (Å²) >= 11 is 1.54. The Kier molecular flexibility index (Phi) is 4.76. The van der Waals surface area contributed by atoms with Crippen LogP contribution in [-0.4, -0.2) is 60.1 Å². The predicted molar refractivity (Wildman–Crippen MR) is 98.5 cm³/mol. The normalized spacial score (nSPS) is 20.8. The van der Waals surface area contributed by atoms with Gasteiger partial charge in [-0.25, -0.2) is 0 Å². The number of hydrogen-bond donors (Lipinski definition) is 1. The molecule has 1 fully saturated rings. The number of nitrogens with zero attached hydrogens (tertiary/aromatic N) is 2. The zero-order chi connectivity index (χ0) is 17.3. The average molecular weight is 344 g/mol. The Balaban J connectivity index is 1.77. The molecule has 1 amide bonds. The number of likely N-dealkylation sites (N-methyl/N-ethyl adjacent to an activating group) is 1. The van der Waals surface area contributed by atoms with Gasteiger partial charge in [-0.05, 0) is 44.6 Å². The number of β-amino-alcohol motifs (C(OH)–C–C–N with tert-alkyl or cyclic N) is 1. The van der Waals surface area contributed by atoms with Crippen LogP contribution in [0.1, 0.15) is 21.7 Å². The van der Waals surface area contributed by atoms with Gasteiger partial charge in [-0.1, -0.05) is 30.3 Å². The van der Waals surface area contributed by atoms with Crippen molar-refractivity contribution in [2.75, 3.05) is 33.7 Å². The fraction of sp³-hybridized carbons (Fsp3) is 0.421. The number of aryl methyl sites for hydroxylation is 1. The molecule has 1 aromatic carbocycles. The summed E-state index contributed by atoms with van der Waals surface area (Å²) in [5.41, 5.74) is 1.47. The Labute approximate surface area is 147 Å². The number of carbonyl (C=O) groups is 1. The molecule has 1 atom stereocenters. The van der Waals surface area contributed by atoms with Crippen LogP contribution in [0.15, 0.2) is 36.4 Å². The number of aliphatic hydroxyl groups is 1. The van der Waals surface area contributed by atoms with Crippen molar-refractivity contribution in [2.45, 2.75) is 18.9 Å². The number of carbonyl (C=O) groups excluding carboxylic acids is 1. The lowest BCUT2D eigenvalue weighted by Gasteiger charge is -2.26. The van der Waals surface area contributed by atoms with Gasteiger partial charge in [0.15, 0.2) is 0 Å². The second kappa shape index (κ2) is 6.67. The van der Waals surface area contributed by atoms with E-state index < -0.39 is 5.60 Å². The Morgan fingerprint density at radius 1 is 1.33 bits per heavy atom. The maximum Gasteiger partial charge on any atom is 0.264 e. The van der Waals surface area contributed by atoms with Crippen LogP contribution in [-0.2, 0) is 0 Å². The van der Waals surface area contributed by atoms with E-state index in [9.17, 15) is 9.90 Å². The lowest BCUT2D eigenvalue weighted by molar-refractivity contribution is 0.0237. The Morgan fingerprint density at radius 2 is 2.04 bits per heavy atom. The average Bonchev–Trinajstić information content (AvgIpc) is 3.10. The zero-order valence-electron chi connectivity index (χ0n) is 14.5. The molecule has 1 unspecified atom stereocenters. The molecule has 1 N–H and O–H groups in total. The largest absolute Gasteiger partial charge is 0.387 e. The van der Waals surface area contributed by atoms with Crippen molar-refractivity contribution in [1.29, 1.82) is 0 Å². The SMILES string of the molecule is Cc1cc(C(=O)N2CCC(O)(CN(C)C)C2)sc1-c1ccccc1. The predicted octanol–water partition coefficient (Wildman–Crippen LogP) is 2.86. The minimum absolute atomic E-state index is 0.0277. The van der Waals surface area contributed by atoms with Gasteiger partial charge in [0.05, 0.1) is 17.0 Å². The first-order valence-electron chi connectivity index (χ1n) is 8.20. The first-order chi connectivity index (χ1) is 11.4. The molecule has 2 heterocycles. The quantitative estimate of drug-likeness (QED) is 0.927. The van der Waals surface area contributed by atoms with E-state index in [2.05, 4.69) is 12.1 Å². The van der Waals surface area contributed by atoms with E-state index in [1.807, 2.05) is 50.2 Å². The van der Waals surface area contributed by atoms with Gasteiger partial charge in [0.1, 0.15) is 0 Å². The van der Waals surface area contributed by atoms with Gasteiger partial charge in [0.2, 0.25) is 0 Å². The standard InChI is InChI=1S/C19H24N2O2S/c1-14-11-16(24-17(14)15-7-5-4-6-8-15)18(22)21-10-9-19(23,13-21)12-20(2)3/h4-8,11,23H,9-10,12-13H2,1-3H3. The third kappa shape index (κ3) is 3.53. The summed E-state index contributed by atoms with van der Waals surface area (Å²) in [7, 11) is 3.88. The minimum Gasteiger partial charge on any atom is -0.387 e. The van der Waals surface area contributed by atoms with Crippen LogP contribution in [0.2, 0.25) is 0 Å². The lowest BCUT2D eigenvalue weighted by atomic mass is 10.0. The third-order valence-electron chi connectivity index (χ3n) is 4.39. The van der Waals surface area contributed by atoms with Crippen molar-refractivity contribution in [3.8, 4) is 10.4 Å². The molecular weight excluding hydrogens is 320 g/mol. The highest BCUT2D eigenvalue weighted by Crippen LogP contribution is 2.34. The highest BCUT2D eigenvalue weighted by molar-refractivity contribution is 7.17. The molecule has 24 heavy (non-hydrogen) atoms. The van der Waals surface area contributed by atoms with E-state index in [4.69, 9.17) is 0 Å². The van der Waals surface area contributed by atoms with Gasteiger partial charge in [0.25, 0.3) is 5.91 Å². The van der Waals surface area contributed by atoms with Crippen molar-refractivity contribution in [3.05, 3.63) is 46.8 Å². The molecule has 5 heteroatoms. The lowest BCUT2D eigenvalue weighted by Crippen LogP contribution is -2.43. The van der Waals surface area contributed by atoms with Crippen molar-refractivity contribution in [3.63, 3.8) is 0 Å². The fourth-order valence-electron chi connectivity index (χ4n) is 3.37. The molecule has 0 aliphatic carbocycles. The second-order valence-electron chi connectivity index (χ2n) is 6.93. The second-order valence-corrected chi connectivity index (χ2v) is 7.98. The van der Waals surface area contributed by atoms with E-state index in [0.29, 0.717) is 26.1 Å². The fourth-order valence-corrected chi connectivity index (χ4v) is 4.51. The molecule has 0 spiro atoms. The molecule has 0 saturated carbocycles. The Morgan fingerprint density at radius 3 is 2.71 bits per heavy atom. The molecule has 0 radical (unpaired) electrons. The number of thiophene rings is 1. The van der Waals surface area contributed by atoms with Crippen molar-refractivity contribution in [1.82, 2.24) is 9.80 Å². The molecule has 1 aromatic heterocycles. The van der Waals surface area contributed by atoms with Crippen molar-refractivity contribution in [2.24, 2.45) is 0 Å². The van der Waals surface area contributed by atoms with Crippen LogP contribution < -0.4 is 0 Å². The summed E-state index contributed by atoms with van der Waals surface area (Å²) < 4.78 is 0. The van der Waals surface area contributed by atoms with E-state index >= 15 is 0 Å². The number of benzene rings is 1. The van der Waals surface area contributed by atoms with Gasteiger partial charge in [0, 0.05) is 18.0 Å². The first kappa shape index (κ1) is 17.1. The maximum atomic E-state index is 12.8. The minimum atomic E-state index is -0.798. The molecule has 2 aromatic rings. The molecule has 0 bridgehead atoms. The van der Waals surface area contributed by atoms with Gasteiger partial charge >= 0.3 is 0 Å². The van der Waals surface area contributed by atoms with E-state index in [0.717, 1.165) is 20.9 Å². The number of rotatable bonds is 4. The third-order valence-corrected chi connectivity index (χ3v) is 5.67. The molecule has 1 aliphatic rings. The molecular formula is C19H24N2O2S. The summed E-state index contributed by atoms with van der Waals surface area (Å²) in [6, 6.07) is 12.1. The van der Waals surface area contributed by atoms with Crippen LogP contribution in [0, 0.1) is 6.92 Å². The molecule has 1 saturated heterocycles. The van der Waals surface area contributed by atoms with E-state index in [-0.39, 0.29) is 5.91 Å². The van der Waals surface area contributed by atoms with Crippen LogP contribution in [0.3, 0.4) is 0 Å². The summed E-state index contributed by atoms with van der Waals surface area (Å²) in [5.74, 6) is 0.0277. The molecule has 1 aliphatic heterocycles. The monoisotopic (exact) mass is 344 g/mol. The highest BCUT2D eigenvalue weighted by atomic mass is 32.1. The molecule has 4 nitrogen and oxygen atoms in total. The van der Waals surface area contributed by atoms with Gasteiger partial charge < -0.3 is 14.9 Å². The Hall–Kier alpha value is -1.69. The summed E-state index contributed by atoms with van der Waals surface area (Å²) in [5, 5.41) is 10.6. The first-order valence-corrected chi connectivity index (χ1v) is 9.02. The van der Waals surface area contributed by atoms with Gasteiger partial charge in [-0.2, -0.15) is 0 Å². The summed E-state index contributed by atoms with van der Waals surface area (Å²) in [4.78, 5) is 18.5. The smallest absolute Gasteiger partial charge is 0.264 e. The van der Waals surface area contributed by atoms with Crippen molar-refractivity contribution >= 4 is 17.2 Å².